The van der Waals surface area contributed by atoms with E-state index in [9.17, 15) is 0 Å². The van der Waals surface area contributed by atoms with Crippen molar-refractivity contribution in [3.8, 4) is 0 Å². The second-order valence-electron chi connectivity index (χ2n) is 2.21. The Morgan fingerprint density at radius 2 is 2.00 bits per heavy atom. The highest BCUT2D eigenvalue weighted by Gasteiger charge is 2.14. The molecule has 0 aromatic rings. The van der Waals surface area contributed by atoms with Crippen molar-refractivity contribution in [3.63, 3.8) is 0 Å². The minimum Gasteiger partial charge on any atom is -0.373 e. The number of hydrogen-bond acceptors (Lipinski definition) is 1. The molecular formula is C5H14NO+. The summed E-state index contributed by atoms with van der Waals surface area (Å²) in [6, 6.07) is 0. The summed E-state index contributed by atoms with van der Waals surface area (Å²) in [7, 11) is 1.70. The molecule has 0 fully saturated rings. The Bertz CT molecular complexity index is 46.0. The molecule has 0 unspecified atom stereocenters. The Balaban J connectivity index is 3.36. The molecule has 0 saturated heterocycles. The third kappa shape index (κ3) is 2.60. The minimum atomic E-state index is -0.0278. The third-order valence-electron chi connectivity index (χ3n) is 1.15. The molecule has 3 N–H and O–H groups in total. The average Bonchev–Trinajstić information content (AvgIpc) is 1.68. The molecule has 0 radical (unpaired) electrons. The summed E-state index contributed by atoms with van der Waals surface area (Å²) in [6.07, 6.45) is 0. The van der Waals surface area contributed by atoms with Gasteiger partial charge in [-0.05, 0) is 13.8 Å². The van der Waals surface area contributed by atoms with E-state index in [-0.39, 0.29) is 5.60 Å². The zero-order valence-electron chi connectivity index (χ0n) is 5.32. The molecule has 7 heavy (non-hydrogen) atoms. The first kappa shape index (κ1) is 6.92. The van der Waals surface area contributed by atoms with Gasteiger partial charge in [0.1, 0.15) is 12.1 Å². The lowest BCUT2D eigenvalue weighted by Crippen LogP contribution is -2.60. The molecule has 0 saturated carbocycles. The van der Waals surface area contributed by atoms with E-state index in [0.717, 1.165) is 6.54 Å². The van der Waals surface area contributed by atoms with Crippen LogP contribution >= 0.6 is 0 Å². The van der Waals surface area contributed by atoms with Gasteiger partial charge in [0.15, 0.2) is 0 Å². The van der Waals surface area contributed by atoms with Gasteiger partial charge in [0.05, 0.1) is 0 Å². The largest absolute Gasteiger partial charge is 0.373 e. The number of rotatable bonds is 2. The molecular weight excluding hydrogens is 90.1 g/mol. The maximum atomic E-state index is 5.02. The predicted molar refractivity (Wildman–Crippen MR) is 28.8 cm³/mol. The van der Waals surface area contributed by atoms with E-state index in [0.29, 0.717) is 0 Å². The van der Waals surface area contributed by atoms with Gasteiger partial charge in [-0.25, -0.2) is 0 Å². The Morgan fingerprint density at radius 1 is 1.57 bits per heavy atom. The first-order valence-corrected chi connectivity index (χ1v) is 2.47. The lowest BCUT2D eigenvalue weighted by molar-refractivity contribution is -0.397. The number of ether oxygens (including phenoxy) is 1. The number of quaternary nitrogens is 1. The van der Waals surface area contributed by atoms with Crippen LogP contribution in [0.5, 0.6) is 0 Å². The molecule has 0 bridgehead atoms. The maximum absolute atomic E-state index is 5.02. The highest BCUT2D eigenvalue weighted by molar-refractivity contribution is 4.62. The first-order chi connectivity index (χ1) is 3.12. The van der Waals surface area contributed by atoms with Crippen molar-refractivity contribution < 1.29 is 10.5 Å². The van der Waals surface area contributed by atoms with Crippen LogP contribution in [-0.4, -0.2) is 19.3 Å². The van der Waals surface area contributed by atoms with E-state index in [1.165, 1.54) is 0 Å². The average molecular weight is 104 g/mol. The molecule has 0 heterocycles. The van der Waals surface area contributed by atoms with E-state index >= 15 is 0 Å². The van der Waals surface area contributed by atoms with Crippen LogP contribution in [0.25, 0.3) is 0 Å². The van der Waals surface area contributed by atoms with Crippen LogP contribution in [0.2, 0.25) is 0 Å². The van der Waals surface area contributed by atoms with E-state index in [1.807, 2.05) is 13.8 Å². The summed E-state index contributed by atoms with van der Waals surface area (Å²) < 4.78 is 5.02. The summed E-state index contributed by atoms with van der Waals surface area (Å²) in [4.78, 5) is 0. The second kappa shape index (κ2) is 2.28. The quantitative estimate of drug-likeness (QED) is 0.511. The smallest absolute Gasteiger partial charge is 0.111 e. The minimum absolute atomic E-state index is 0.0278. The van der Waals surface area contributed by atoms with Crippen molar-refractivity contribution in [1.82, 2.24) is 0 Å². The van der Waals surface area contributed by atoms with Crippen LogP contribution in [0.1, 0.15) is 13.8 Å². The number of hydrogen-bond donors (Lipinski definition) is 1. The summed E-state index contributed by atoms with van der Waals surface area (Å²) >= 11 is 0. The van der Waals surface area contributed by atoms with Gasteiger partial charge < -0.3 is 10.5 Å². The molecule has 0 aromatic carbocycles. The van der Waals surface area contributed by atoms with Gasteiger partial charge in [-0.2, -0.15) is 0 Å². The molecule has 0 spiro atoms. The van der Waals surface area contributed by atoms with Gasteiger partial charge in [0, 0.05) is 7.11 Å². The van der Waals surface area contributed by atoms with E-state index in [2.05, 4.69) is 5.73 Å². The van der Waals surface area contributed by atoms with Crippen LogP contribution in [0.15, 0.2) is 0 Å². The highest BCUT2D eigenvalue weighted by Crippen LogP contribution is 2.00. The van der Waals surface area contributed by atoms with E-state index < -0.39 is 0 Å². The monoisotopic (exact) mass is 104 g/mol. The normalized spacial score (nSPS) is 12.0. The first-order valence-electron chi connectivity index (χ1n) is 2.47. The van der Waals surface area contributed by atoms with Gasteiger partial charge in [-0.15, -0.1) is 0 Å². The molecule has 0 rings (SSSR count). The van der Waals surface area contributed by atoms with Crippen molar-refractivity contribution in [3.05, 3.63) is 0 Å². The summed E-state index contributed by atoms with van der Waals surface area (Å²) in [5.74, 6) is 0. The fourth-order valence-corrected chi connectivity index (χ4v) is 0.102. The molecule has 2 nitrogen and oxygen atoms in total. The molecule has 0 aliphatic rings. The number of methoxy groups -OCH3 is 1. The summed E-state index contributed by atoms with van der Waals surface area (Å²) in [5, 5.41) is 0. The molecule has 0 aliphatic carbocycles. The highest BCUT2D eigenvalue weighted by atomic mass is 16.5. The van der Waals surface area contributed by atoms with Crippen LogP contribution in [0.3, 0.4) is 0 Å². The molecule has 2 heteroatoms. The predicted octanol–water partition coefficient (Wildman–Crippen LogP) is -0.347. The van der Waals surface area contributed by atoms with Crippen LogP contribution < -0.4 is 5.73 Å². The van der Waals surface area contributed by atoms with E-state index in [1.54, 1.807) is 7.11 Å². The molecule has 0 aromatic heterocycles. The molecule has 0 aliphatic heterocycles. The van der Waals surface area contributed by atoms with Crippen molar-refractivity contribution in [1.29, 1.82) is 0 Å². The fourth-order valence-electron chi connectivity index (χ4n) is 0.102. The topological polar surface area (TPSA) is 36.9 Å². The van der Waals surface area contributed by atoms with E-state index in [4.69, 9.17) is 4.74 Å². The standard InChI is InChI=1S/C5H13NO/c1-5(2,4-6)7-3/h4,6H2,1-3H3/p+1. The molecule has 44 valence electrons. The SMILES string of the molecule is COC(C)(C)C[NH3+]. The zero-order chi connectivity index (χ0) is 5.91. The lowest BCUT2D eigenvalue weighted by atomic mass is 10.1. The Labute approximate surface area is 44.7 Å². The van der Waals surface area contributed by atoms with Gasteiger partial charge in [-0.3, -0.25) is 0 Å². The summed E-state index contributed by atoms with van der Waals surface area (Å²) in [6.45, 7) is 4.85. The van der Waals surface area contributed by atoms with Crippen LogP contribution in [0.4, 0.5) is 0 Å². The van der Waals surface area contributed by atoms with Gasteiger partial charge in [0.2, 0.25) is 0 Å². The van der Waals surface area contributed by atoms with Crippen molar-refractivity contribution in [2.24, 2.45) is 0 Å². The summed E-state index contributed by atoms with van der Waals surface area (Å²) in [5.41, 5.74) is 3.68. The van der Waals surface area contributed by atoms with Crippen molar-refractivity contribution >= 4 is 0 Å². The van der Waals surface area contributed by atoms with Gasteiger partial charge >= 0.3 is 0 Å². The zero-order valence-corrected chi connectivity index (χ0v) is 5.32. The van der Waals surface area contributed by atoms with Crippen LogP contribution in [0, 0.1) is 0 Å². The van der Waals surface area contributed by atoms with Crippen molar-refractivity contribution in [2.45, 2.75) is 19.4 Å². The fraction of sp³-hybridized carbons (Fsp3) is 1.00. The Kier molecular flexibility index (Phi) is 2.26. The van der Waals surface area contributed by atoms with Gasteiger partial charge in [-0.1, -0.05) is 0 Å². The third-order valence-corrected chi connectivity index (χ3v) is 1.15. The maximum Gasteiger partial charge on any atom is 0.111 e. The lowest BCUT2D eigenvalue weighted by Gasteiger charge is -2.16. The molecule has 0 atom stereocenters. The second-order valence-corrected chi connectivity index (χ2v) is 2.21. The van der Waals surface area contributed by atoms with Gasteiger partial charge in [0.25, 0.3) is 0 Å². The van der Waals surface area contributed by atoms with Crippen LogP contribution in [-0.2, 0) is 4.74 Å². The molecule has 0 amide bonds. The van der Waals surface area contributed by atoms with Crippen molar-refractivity contribution in [2.75, 3.05) is 13.7 Å². The Hall–Kier alpha value is -0.0800. The Morgan fingerprint density at radius 3 is 2.00 bits per heavy atom.